The van der Waals surface area contributed by atoms with Gasteiger partial charge in [-0.05, 0) is 42.0 Å². The van der Waals surface area contributed by atoms with Gasteiger partial charge in [-0.2, -0.15) is 0 Å². The maximum Gasteiger partial charge on any atom is 0.346 e. The second kappa shape index (κ2) is 9.57. The van der Waals surface area contributed by atoms with Crippen molar-refractivity contribution in [1.29, 1.82) is 0 Å². The van der Waals surface area contributed by atoms with Gasteiger partial charge in [-0.15, -0.1) is 11.3 Å². The number of ether oxygens (including phenoxy) is 1. The topological polar surface area (TPSA) is 52.3 Å². The first kappa shape index (κ1) is 21.4. The highest BCUT2D eigenvalue weighted by Gasteiger charge is 2.13. The summed E-state index contributed by atoms with van der Waals surface area (Å²) in [5.74, 6) is 0.642. The lowest BCUT2D eigenvalue weighted by molar-refractivity contribution is 0.363. The molecule has 5 aromatic rings. The van der Waals surface area contributed by atoms with Gasteiger partial charge >= 0.3 is 5.63 Å². The van der Waals surface area contributed by atoms with Crippen LogP contribution in [0.15, 0.2) is 104 Å². The van der Waals surface area contributed by atoms with Crippen molar-refractivity contribution in [3.63, 3.8) is 0 Å². The molecule has 0 aliphatic heterocycles. The first-order valence-electron chi connectivity index (χ1n) is 10.3. The minimum absolute atomic E-state index is 0.416. The van der Waals surface area contributed by atoms with E-state index in [9.17, 15) is 4.79 Å². The standard InChI is InChI=1S/C27H18BrNO3S/c28-21-11-8-19(9-12-21)24-17-33-26(29-24)23-15-20-10-13-22(16-25(20)32-27(23)30)31-14-4-7-18-5-2-1-3-6-18/h1-13,15-17H,14H2. The van der Waals surface area contributed by atoms with Crippen molar-refractivity contribution in [2.45, 2.75) is 0 Å². The number of benzene rings is 3. The van der Waals surface area contributed by atoms with Gasteiger partial charge in [0.05, 0.1) is 11.3 Å². The Balaban J connectivity index is 1.35. The third-order valence-electron chi connectivity index (χ3n) is 5.04. The van der Waals surface area contributed by atoms with Crippen LogP contribution in [0.3, 0.4) is 0 Å². The largest absolute Gasteiger partial charge is 0.489 e. The van der Waals surface area contributed by atoms with Crippen LogP contribution < -0.4 is 10.4 Å². The maximum atomic E-state index is 12.7. The number of thiazole rings is 1. The van der Waals surface area contributed by atoms with Crippen LogP contribution in [0.4, 0.5) is 0 Å². The summed E-state index contributed by atoms with van der Waals surface area (Å²) >= 11 is 4.86. The SMILES string of the molecule is O=c1oc2cc(OCC=Cc3ccccc3)ccc2cc1-c1nc(-c2ccc(Br)cc2)cs1. The molecule has 0 N–H and O–H groups in total. The summed E-state index contributed by atoms with van der Waals surface area (Å²) in [6.07, 6.45) is 3.95. The number of halogens is 1. The average Bonchev–Trinajstić information content (AvgIpc) is 3.32. The summed E-state index contributed by atoms with van der Waals surface area (Å²) in [6, 6.07) is 25.3. The highest BCUT2D eigenvalue weighted by atomic mass is 79.9. The van der Waals surface area contributed by atoms with E-state index in [2.05, 4.69) is 20.9 Å². The molecule has 2 aromatic heterocycles. The van der Waals surface area contributed by atoms with Crippen molar-refractivity contribution in [3.05, 3.63) is 111 Å². The van der Waals surface area contributed by atoms with Gasteiger partial charge in [-0.25, -0.2) is 9.78 Å². The van der Waals surface area contributed by atoms with Gasteiger partial charge in [0.15, 0.2) is 0 Å². The van der Waals surface area contributed by atoms with Crippen LogP contribution in [0, 0.1) is 0 Å². The second-order valence-corrected chi connectivity index (χ2v) is 9.09. The summed E-state index contributed by atoms with van der Waals surface area (Å²) < 4.78 is 12.4. The first-order valence-corrected chi connectivity index (χ1v) is 12.0. The Morgan fingerprint density at radius 2 is 1.82 bits per heavy atom. The zero-order valence-corrected chi connectivity index (χ0v) is 19.8. The predicted molar refractivity (Wildman–Crippen MR) is 138 cm³/mol. The number of aromatic nitrogens is 1. The number of nitrogens with zero attached hydrogens (tertiary/aromatic N) is 1. The molecular formula is C27H18BrNO3S. The zero-order valence-electron chi connectivity index (χ0n) is 17.4. The highest BCUT2D eigenvalue weighted by Crippen LogP contribution is 2.30. The molecule has 162 valence electrons. The molecule has 0 spiro atoms. The number of rotatable bonds is 6. The summed E-state index contributed by atoms with van der Waals surface area (Å²) in [6.45, 7) is 0.417. The van der Waals surface area contributed by atoms with E-state index in [0.717, 1.165) is 26.7 Å². The summed E-state index contributed by atoms with van der Waals surface area (Å²) in [4.78, 5) is 17.3. The lowest BCUT2D eigenvalue weighted by atomic mass is 10.1. The van der Waals surface area contributed by atoms with Gasteiger partial charge in [-0.1, -0.05) is 64.5 Å². The molecule has 0 unspecified atom stereocenters. The fourth-order valence-electron chi connectivity index (χ4n) is 3.37. The molecule has 5 rings (SSSR count). The van der Waals surface area contributed by atoms with E-state index in [0.29, 0.717) is 28.5 Å². The lowest BCUT2D eigenvalue weighted by Gasteiger charge is -2.05. The quantitative estimate of drug-likeness (QED) is 0.220. The van der Waals surface area contributed by atoms with Crippen molar-refractivity contribution in [2.24, 2.45) is 0 Å². The van der Waals surface area contributed by atoms with Gasteiger partial charge in [-0.3, -0.25) is 0 Å². The van der Waals surface area contributed by atoms with Crippen molar-refractivity contribution in [2.75, 3.05) is 6.61 Å². The third kappa shape index (κ3) is 4.97. The molecule has 0 bridgehead atoms. The monoisotopic (exact) mass is 515 g/mol. The van der Waals surface area contributed by atoms with E-state index in [1.165, 1.54) is 11.3 Å². The molecule has 0 atom stereocenters. The molecule has 6 heteroatoms. The van der Waals surface area contributed by atoms with Gasteiger partial charge in [0, 0.05) is 26.9 Å². The van der Waals surface area contributed by atoms with Crippen LogP contribution in [0.2, 0.25) is 0 Å². The molecule has 0 aliphatic carbocycles. The average molecular weight is 516 g/mol. The van der Waals surface area contributed by atoms with E-state index in [4.69, 9.17) is 9.15 Å². The normalized spacial score (nSPS) is 11.3. The Kier molecular flexibility index (Phi) is 6.19. The Hall–Kier alpha value is -3.48. The molecule has 0 aliphatic rings. The first-order chi connectivity index (χ1) is 16.2. The van der Waals surface area contributed by atoms with E-state index in [1.54, 1.807) is 6.07 Å². The summed E-state index contributed by atoms with van der Waals surface area (Å²) in [5, 5.41) is 3.40. The molecule has 3 aromatic carbocycles. The molecule has 2 heterocycles. The van der Waals surface area contributed by atoms with Gasteiger partial charge in [0.1, 0.15) is 22.9 Å². The van der Waals surface area contributed by atoms with Crippen LogP contribution in [0.5, 0.6) is 5.75 Å². The fraction of sp³-hybridized carbons (Fsp3) is 0.0370. The van der Waals surface area contributed by atoms with Crippen LogP contribution in [0.1, 0.15) is 5.56 Å². The fourth-order valence-corrected chi connectivity index (χ4v) is 4.47. The maximum absolute atomic E-state index is 12.7. The highest BCUT2D eigenvalue weighted by molar-refractivity contribution is 9.10. The predicted octanol–water partition coefficient (Wildman–Crippen LogP) is 7.44. The molecule has 0 fully saturated rings. The third-order valence-corrected chi connectivity index (χ3v) is 6.44. The molecule has 33 heavy (non-hydrogen) atoms. The number of hydrogen-bond acceptors (Lipinski definition) is 5. The molecule has 0 amide bonds. The lowest BCUT2D eigenvalue weighted by Crippen LogP contribution is -2.02. The Labute approximate surface area is 202 Å². The Bertz CT molecular complexity index is 1490. The summed E-state index contributed by atoms with van der Waals surface area (Å²) in [7, 11) is 0. The van der Waals surface area contributed by atoms with Gasteiger partial charge < -0.3 is 9.15 Å². The van der Waals surface area contributed by atoms with E-state index in [-0.39, 0.29) is 0 Å². The van der Waals surface area contributed by atoms with Gasteiger partial charge in [0.2, 0.25) is 0 Å². The zero-order chi connectivity index (χ0) is 22.6. The van der Waals surface area contributed by atoms with E-state index >= 15 is 0 Å². The van der Waals surface area contributed by atoms with Crippen LogP contribution in [-0.2, 0) is 0 Å². The van der Waals surface area contributed by atoms with Crippen molar-refractivity contribution in [1.82, 2.24) is 4.98 Å². The molecule has 0 saturated carbocycles. The van der Waals surface area contributed by atoms with E-state index in [1.807, 2.05) is 90.3 Å². The molecule has 0 radical (unpaired) electrons. The van der Waals surface area contributed by atoms with Crippen molar-refractivity contribution in [3.8, 4) is 27.6 Å². The minimum atomic E-state index is -0.416. The number of fused-ring (bicyclic) bond motifs is 1. The molecular weight excluding hydrogens is 498 g/mol. The Morgan fingerprint density at radius 3 is 2.64 bits per heavy atom. The van der Waals surface area contributed by atoms with Gasteiger partial charge in [0.25, 0.3) is 0 Å². The van der Waals surface area contributed by atoms with Crippen molar-refractivity contribution >= 4 is 44.3 Å². The minimum Gasteiger partial charge on any atom is -0.489 e. The smallest absolute Gasteiger partial charge is 0.346 e. The van der Waals surface area contributed by atoms with Crippen molar-refractivity contribution < 1.29 is 9.15 Å². The summed E-state index contributed by atoms with van der Waals surface area (Å²) in [5.41, 5.74) is 3.46. The number of hydrogen-bond donors (Lipinski definition) is 0. The van der Waals surface area contributed by atoms with E-state index < -0.39 is 5.63 Å². The Morgan fingerprint density at radius 1 is 1.00 bits per heavy atom. The van der Waals surface area contributed by atoms with Crippen LogP contribution in [-0.4, -0.2) is 11.6 Å². The molecule has 0 saturated heterocycles. The van der Waals surface area contributed by atoms with Crippen LogP contribution >= 0.6 is 27.3 Å². The molecule has 4 nitrogen and oxygen atoms in total. The second-order valence-electron chi connectivity index (χ2n) is 7.32. The van der Waals surface area contributed by atoms with Crippen LogP contribution in [0.25, 0.3) is 38.9 Å².